The van der Waals surface area contributed by atoms with Gasteiger partial charge < -0.3 is 10.2 Å². The number of hydrogen-bond acceptors (Lipinski definition) is 2. The van der Waals surface area contributed by atoms with Crippen LogP contribution in [-0.4, -0.2) is 35.8 Å². The second kappa shape index (κ2) is 5.52. The number of amides is 2. The van der Waals surface area contributed by atoms with Crippen molar-refractivity contribution in [3.63, 3.8) is 0 Å². The molecule has 0 radical (unpaired) electrons. The van der Waals surface area contributed by atoms with Gasteiger partial charge >= 0.3 is 0 Å². The summed E-state index contributed by atoms with van der Waals surface area (Å²) in [4.78, 5) is 25.2. The Morgan fingerprint density at radius 3 is 3.06 bits per heavy atom. The molecule has 0 aromatic rings. The zero-order valence-corrected chi connectivity index (χ0v) is 10.6. The van der Waals surface area contributed by atoms with Gasteiger partial charge in [0.05, 0.1) is 0 Å². The van der Waals surface area contributed by atoms with Gasteiger partial charge in [0, 0.05) is 32.0 Å². The van der Waals surface area contributed by atoms with E-state index in [1.165, 1.54) is 0 Å². The minimum Gasteiger partial charge on any atom is -0.353 e. The number of piperidine rings is 2. The van der Waals surface area contributed by atoms with Gasteiger partial charge in [-0.15, -0.1) is 0 Å². The molecule has 17 heavy (non-hydrogen) atoms. The van der Waals surface area contributed by atoms with Crippen LogP contribution in [0.4, 0.5) is 0 Å². The van der Waals surface area contributed by atoms with Crippen LogP contribution in [0.2, 0.25) is 0 Å². The molecule has 1 N–H and O–H groups in total. The Hall–Kier alpha value is -1.06. The van der Waals surface area contributed by atoms with Crippen molar-refractivity contribution in [2.75, 3.05) is 13.1 Å². The molecule has 2 fully saturated rings. The van der Waals surface area contributed by atoms with E-state index in [9.17, 15) is 9.59 Å². The van der Waals surface area contributed by atoms with E-state index in [1.54, 1.807) is 0 Å². The summed E-state index contributed by atoms with van der Waals surface area (Å²) in [5, 5.41) is 3.04. The van der Waals surface area contributed by atoms with Crippen LogP contribution in [0.3, 0.4) is 0 Å². The number of nitrogens with one attached hydrogen (secondary N) is 1. The lowest BCUT2D eigenvalue weighted by atomic mass is 9.85. The minimum atomic E-state index is 0.178. The maximum atomic E-state index is 11.9. The smallest absolute Gasteiger partial charge is 0.222 e. The highest BCUT2D eigenvalue weighted by Gasteiger charge is 2.34. The highest BCUT2D eigenvalue weighted by atomic mass is 16.2. The molecule has 2 saturated heterocycles. The van der Waals surface area contributed by atoms with Crippen LogP contribution in [0.1, 0.15) is 45.4 Å². The fourth-order valence-electron chi connectivity index (χ4n) is 2.82. The fraction of sp³-hybridized carbons (Fsp3) is 0.846. The molecule has 2 aliphatic rings. The zero-order valence-electron chi connectivity index (χ0n) is 10.6. The summed E-state index contributed by atoms with van der Waals surface area (Å²) in [7, 11) is 0. The molecule has 2 atom stereocenters. The van der Waals surface area contributed by atoms with Crippen LogP contribution in [0.5, 0.6) is 0 Å². The first-order chi connectivity index (χ1) is 8.20. The number of rotatable bonds is 3. The molecule has 2 amide bonds. The monoisotopic (exact) mass is 238 g/mol. The Balaban J connectivity index is 1.85. The van der Waals surface area contributed by atoms with Crippen LogP contribution < -0.4 is 5.32 Å². The summed E-state index contributed by atoms with van der Waals surface area (Å²) in [6.45, 7) is 3.76. The Labute approximate surface area is 103 Å². The number of nitrogens with zero attached hydrogens (tertiary/aromatic N) is 1. The second-order valence-electron chi connectivity index (χ2n) is 5.20. The van der Waals surface area contributed by atoms with Crippen molar-refractivity contribution >= 4 is 11.8 Å². The summed E-state index contributed by atoms with van der Waals surface area (Å²) in [5.41, 5.74) is 0. The molecule has 0 bridgehead atoms. The standard InChI is InChI=1S/C13H22N2O2/c1-2-3-4-13(17)15-8-7-11-10(9-15)5-6-12(16)14-11/h10-11H,2-9H2,1H3,(H,14,16). The molecule has 0 spiro atoms. The molecule has 4 heteroatoms. The molecule has 2 rings (SSSR count). The first-order valence-electron chi connectivity index (χ1n) is 6.78. The Kier molecular flexibility index (Phi) is 4.02. The number of carbonyl (C=O) groups excluding carboxylic acids is 2. The van der Waals surface area contributed by atoms with Gasteiger partial charge in [0.1, 0.15) is 0 Å². The molecular weight excluding hydrogens is 216 g/mol. The molecule has 0 aromatic heterocycles. The topological polar surface area (TPSA) is 49.4 Å². The summed E-state index contributed by atoms with van der Waals surface area (Å²) < 4.78 is 0. The van der Waals surface area contributed by atoms with Gasteiger partial charge in [-0.3, -0.25) is 9.59 Å². The van der Waals surface area contributed by atoms with E-state index in [0.717, 1.165) is 38.8 Å². The average molecular weight is 238 g/mol. The molecule has 96 valence electrons. The zero-order chi connectivity index (χ0) is 12.3. The quantitative estimate of drug-likeness (QED) is 0.805. The van der Waals surface area contributed by atoms with Gasteiger partial charge in [0.25, 0.3) is 0 Å². The first-order valence-corrected chi connectivity index (χ1v) is 6.78. The second-order valence-corrected chi connectivity index (χ2v) is 5.20. The van der Waals surface area contributed by atoms with Crippen molar-refractivity contribution in [2.24, 2.45) is 5.92 Å². The number of unbranched alkanes of at least 4 members (excludes halogenated alkanes) is 1. The molecule has 2 heterocycles. The molecule has 0 aliphatic carbocycles. The highest BCUT2D eigenvalue weighted by Crippen LogP contribution is 2.25. The predicted octanol–water partition coefficient (Wildman–Crippen LogP) is 1.30. The van der Waals surface area contributed by atoms with Crippen molar-refractivity contribution in [2.45, 2.75) is 51.5 Å². The van der Waals surface area contributed by atoms with Gasteiger partial charge in [-0.2, -0.15) is 0 Å². The molecule has 2 aliphatic heterocycles. The van der Waals surface area contributed by atoms with Crippen LogP contribution in [-0.2, 0) is 9.59 Å². The van der Waals surface area contributed by atoms with E-state index in [1.807, 2.05) is 4.90 Å². The fourth-order valence-corrected chi connectivity index (χ4v) is 2.82. The van der Waals surface area contributed by atoms with Crippen LogP contribution in [0.15, 0.2) is 0 Å². The minimum absolute atomic E-state index is 0.178. The third-order valence-electron chi connectivity index (χ3n) is 3.92. The normalized spacial score (nSPS) is 28.5. The van der Waals surface area contributed by atoms with Crippen molar-refractivity contribution in [1.29, 1.82) is 0 Å². The highest BCUT2D eigenvalue weighted by molar-refractivity contribution is 5.78. The van der Waals surface area contributed by atoms with Gasteiger partial charge in [0.15, 0.2) is 0 Å². The van der Waals surface area contributed by atoms with E-state index >= 15 is 0 Å². The van der Waals surface area contributed by atoms with Crippen LogP contribution in [0.25, 0.3) is 0 Å². The van der Waals surface area contributed by atoms with E-state index in [2.05, 4.69) is 12.2 Å². The number of hydrogen-bond donors (Lipinski definition) is 1. The van der Waals surface area contributed by atoms with Gasteiger partial charge in [-0.1, -0.05) is 13.3 Å². The number of carbonyl (C=O) groups is 2. The first kappa shape index (κ1) is 12.4. The Morgan fingerprint density at radius 1 is 1.47 bits per heavy atom. The van der Waals surface area contributed by atoms with Gasteiger partial charge in [-0.25, -0.2) is 0 Å². The average Bonchev–Trinajstić information content (AvgIpc) is 2.35. The molecule has 4 nitrogen and oxygen atoms in total. The molecule has 0 saturated carbocycles. The third-order valence-corrected chi connectivity index (χ3v) is 3.92. The van der Waals surface area contributed by atoms with E-state index in [0.29, 0.717) is 30.7 Å². The number of likely N-dealkylation sites (tertiary alicyclic amines) is 1. The van der Waals surface area contributed by atoms with Crippen molar-refractivity contribution in [1.82, 2.24) is 10.2 Å². The maximum absolute atomic E-state index is 11.9. The summed E-state index contributed by atoms with van der Waals surface area (Å²) in [6, 6.07) is 0.312. The van der Waals surface area contributed by atoms with Gasteiger partial charge in [0.2, 0.25) is 11.8 Å². The van der Waals surface area contributed by atoms with Crippen molar-refractivity contribution in [3.8, 4) is 0 Å². The lowest BCUT2D eigenvalue weighted by Crippen LogP contribution is -2.55. The largest absolute Gasteiger partial charge is 0.353 e. The molecule has 2 unspecified atom stereocenters. The maximum Gasteiger partial charge on any atom is 0.222 e. The third kappa shape index (κ3) is 2.99. The van der Waals surface area contributed by atoms with Crippen LogP contribution >= 0.6 is 0 Å². The van der Waals surface area contributed by atoms with Gasteiger partial charge in [-0.05, 0) is 25.2 Å². The Bertz CT molecular complexity index is 304. The van der Waals surface area contributed by atoms with E-state index in [-0.39, 0.29) is 5.91 Å². The summed E-state index contributed by atoms with van der Waals surface area (Å²) in [5.74, 6) is 0.950. The summed E-state index contributed by atoms with van der Waals surface area (Å²) in [6.07, 6.45) is 5.22. The summed E-state index contributed by atoms with van der Waals surface area (Å²) >= 11 is 0. The van der Waals surface area contributed by atoms with Crippen molar-refractivity contribution < 1.29 is 9.59 Å². The predicted molar refractivity (Wildman–Crippen MR) is 65.4 cm³/mol. The van der Waals surface area contributed by atoms with E-state index in [4.69, 9.17) is 0 Å². The Morgan fingerprint density at radius 2 is 2.29 bits per heavy atom. The van der Waals surface area contributed by atoms with E-state index < -0.39 is 0 Å². The number of fused-ring (bicyclic) bond motifs is 1. The molecule has 0 aromatic carbocycles. The lowest BCUT2D eigenvalue weighted by Gasteiger charge is -2.41. The van der Waals surface area contributed by atoms with Crippen LogP contribution in [0, 0.1) is 5.92 Å². The lowest BCUT2D eigenvalue weighted by molar-refractivity contribution is -0.134. The van der Waals surface area contributed by atoms with Crippen molar-refractivity contribution in [3.05, 3.63) is 0 Å². The molecular formula is C13H22N2O2. The SMILES string of the molecule is CCCCC(=O)N1CCC2NC(=O)CCC2C1.